The van der Waals surface area contributed by atoms with Gasteiger partial charge in [0.2, 0.25) is 11.8 Å². The maximum Gasteiger partial charge on any atom is 0.246 e. The molecule has 0 aliphatic carbocycles. The Bertz CT molecular complexity index is 830. The SMILES string of the molecule is CC(=O)N1[C@@H](c2ccccc2O)SC[C@H]1C(=O)N(CCO)Cc1ccccc1. The van der Waals surface area contributed by atoms with Crippen molar-refractivity contribution in [1.29, 1.82) is 0 Å². The average molecular weight is 401 g/mol. The van der Waals surface area contributed by atoms with Gasteiger partial charge in [-0.1, -0.05) is 48.5 Å². The van der Waals surface area contributed by atoms with Gasteiger partial charge in [-0.15, -0.1) is 11.8 Å². The van der Waals surface area contributed by atoms with Gasteiger partial charge in [0.25, 0.3) is 0 Å². The van der Waals surface area contributed by atoms with Crippen LogP contribution in [-0.2, 0) is 16.1 Å². The highest BCUT2D eigenvalue weighted by Crippen LogP contribution is 2.44. The van der Waals surface area contributed by atoms with Gasteiger partial charge in [0, 0.05) is 31.3 Å². The van der Waals surface area contributed by atoms with Crippen LogP contribution in [0.2, 0.25) is 0 Å². The van der Waals surface area contributed by atoms with Crippen molar-refractivity contribution in [2.75, 3.05) is 18.9 Å². The molecule has 2 aromatic carbocycles. The molecule has 1 aliphatic rings. The lowest BCUT2D eigenvalue weighted by molar-refractivity contribution is -0.144. The fourth-order valence-corrected chi connectivity index (χ4v) is 4.92. The van der Waals surface area contributed by atoms with Crippen molar-refractivity contribution in [3.05, 3.63) is 65.7 Å². The van der Waals surface area contributed by atoms with Gasteiger partial charge in [0.05, 0.1) is 6.61 Å². The smallest absolute Gasteiger partial charge is 0.246 e. The number of aliphatic hydroxyl groups is 1. The molecule has 1 heterocycles. The Balaban J connectivity index is 1.84. The molecule has 28 heavy (non-hydrogen) atoms. The molecule has 0 saturated carbocycles. The van der Waals surface area contributed by atoms with Gasteiger partial charge in [-0.25, -0.2) is 0 Å². The van der Waals surface area contributed by atoms with Gasteiger partial charge in [-0.05, 0) is 11.6 Å². The van der Waals surface area contributed by atoms with E-state index in [2.05, 4.69) is 0 Å². The summed E-state index contributed by atoms with van der Waals surface area (Å²) in [5.41, 5.74) is 1.58. The zero-order valence-corrected chi connectivity index (χ0v) is 16.5. The minimum Gasteiger partial charge on any atom is -0.508 e. The first kappa shape index (κ1) is 20.2. The molecule has 1 fully saturated rings. The third-order valence-corrected chi connectivity index (χ3v) is 6.05. The fraction of sp³-hybridized carbons (Fsp3) is 0.333. The van der Waals surface area contributed by atoms with E-state index in [0.717, 1.165) is 5.56 Å². The Morgan fingerprint density at radius 2 is 1.82 bits per heavy atom. The number of thioether (sulfide) groups is 1. The van der Waals surface area contributed by atoms with E-state index < -0.39 is 11.4 Å². The number of rotatable bonds is 6. The second-order valence-corrected chi connectivity index (χ2v) is 7.77. The number of aromatic hydroxyl groups is 1. The van der Waals surface area contributed by atoms with Crippen molar-refractivity contribution in [2.45, 2.75) is 24.9 Å². The summed E-state index contributed by atoms with van der Waals surface area (Å²) in [6, 6.07) is 15.8. The summed E-state index contributed by atoms with van der Waals surface area (Å²) in [5, 5.41) is 19.2. The maximum absolute atomic E-state index is 13.3. The lowest BCUT2D eigenvalue weighted by Crippen LogP contribution is -2.49. The Morgan fingerprint density at radius 1 is 1.14 bits per heavy atom. The molecule has 2 N–H and O–H groups in total. The van der Waals surface area contributed by atoms with Crippen LogP contribution in [0.25, 0.3) is 0 Å². The number of carbonyl (C=O) groups is 2. The second-order valence-electron chi connectivity index (χ2n) is 6.66. The summed E-state index contributed by atoms with van der Waals surface area (Å²) in [6.07, 6.45) is 0. The van der Waals surface area contributed by atoms with Crippen LogP contribution >= 0.6 is 11.8 Å². The van der Waals surface area contributed by atoms with Gasteiger partial charge in [-0.2, -0.15) is 0 Å². The summed E-state index contributed by atoms with van der Waals surface area (Å²) in [5.74, 6) is 0.128. The topological polar surface area (TPSA) is 81.1 Å². The standard InChI is InChI=1S/C21H24N2O4S/c1-15(25)23-18(14-28-21(23)17-9-5-6-10-19(17)26)20(27)22(11-12-24)13-16-7-3-2-4-8-16/h2-10,18,21,24,26H,11-14H2,1H3/t18-,21+/m0/s1. The van der Waals surface area contributed by atoms with E-state index in [0.29, 0.717) is 17.9 Å². The van der Waals surface area contributed by atoms with Crippen molar-refractivity contribution in [1.82, 2.24) is 9.80 Å². The molecule has 7 heteroatoms. The predicted octanol–water partition coefficient (Wildman–Crippen LogP) is 2.38. The van der Waals surface area contributed by atoms with E-state index in [1.807, 2.05) is 30.3 Å². The molecule has 6 nitrogen and oxygen atoms in total. The van der Waals surface area contributed by atoms with E-state index in [1.54, 1.807) is 29.2 Å². The van der Waals surface area contributed by atoms with Crippen molar-refractivity contribution in [3.8, 4) is 5.75 Å². The number of hydrogen-bond donors (Lipinski definition) is 2. The Morgan fingerprint density at radius 3 is 2.46 bits per heavy atom. The monoisotopic (exact) mass is 400 g/mol. The van der Waals surface area contributed by atoms with Crippen LogP contribution in [0.3, 0.4) is 0 Å². The molecule has 1 saturated heterocycles. The first-order chi connectivity index (χ1) is 13.5. The zero-order valence-electron chi connectivity index (χ0n) is 15.7. The molecule has 0 bridgehead atoms. The molecule has 2 atom stereocenters. The van der Waals surface area contributed by atoms with Crippen LogP contribution in [0.15, 0.2) is 54.6 Å². The van der Waals surface area contributed by atoms with Gasteiger partial charge in [0.15, 0.2) is 0 Å². The first-order valence-electron chi connectivity index (χ1n) is 9.15. The molecule has 1 aliphatic heterocycles. The highest BCUT2D eigenvalue weighted by molar-refractivity contribution is 7.99. The molecular weight excluding hydrogens is 376 g/mol. The highest BCUT2D eigenvalue weighted by Gasteiger charge is 2.43. The first-order valence-corrected chi connectivity index (χ1v) is 10.2. The quantitative estimate of drug-likeness (QED) is 0.778. The summed E-state index contributed by atoms with van der Waals surface area (Å²) >= 11 is 1.46. The number of phenols is 1. The van der Waals surface area contributed by atoms with Gasteiger partial charge < -0.3 is 20.0 Å². The minimum absolute atomic E-state index is 0.107. The number of amides is 2. The zero-order chi connectivity index (χ0) is 20.1. The molecular formula is C21H24N2O4S. The Kier molecular flexibility index (Phi) is 6.59. The highest BCUT2D eigenvalue weighted by atomic mass is 32.2. The van der Waals surface area contributed by atoms with E-state index >= 15 is 0 Å². The normalized spacial score (nSPS) is 18.9. The van der Waals surface area contributed by atoms with Crippen LogP contribution in [0.1, 0.15) is 23.4 Å². The van der Waals surface area contributed by atoms with Crippen LogP contribution in [-0.4, -0.2) is 56.8 Å². The number of phenolic OH excluding ortho intramolecular Hbond substituents is 1. The van der Waals surface area contributed by atoms with Crippen LogP contribution in [0.4, 0.5) is 0 Å². The van der Waals surface area contributed by atoms with Gasteiger partial charge in [-0.3, -0.25) is 9.59 Å². The maximum atomic E-state index is 13.3. The summed E-state index contributed by atoms with van der Waals surface area (Å²) in [7, 11) is 0. The number of hydrogen-bond acceptors (Lipinski definition) is 5. The molecule has 148 valence electrons. The number of carbonyl (C=O) groups excluding carboxylic acids is 2. The van der Waals surface area contributed by atoms with Crippen LogP contribution in [0.5, 0.6) is 5.75 Å². The Labute approximate surface area is 168 Å². The third-order valence-electron chi connectivity index (χ3n) is 4.75. The molecule has 0 spiro atoms. The molecule has 2 amide bonds. The molecule has 2 aromatic rings. The second kappa shape index (κ2) is 9.12. The average Bonchev–Trinajstić information content (AvgIpc) is 3.13. The largest absolute Gasteiger partial charge is 0.508 e. The van der Waals surface area contributed by atoms with E-state index in [4.69, 9.17) is 0 Å². The minimum atomic E-state index is -0.637. The molecule has 0 aromatic heterocycles. The Hall–Kier alpha value is -2.51. The number of aliphatic hydroxyl groups excluding tert-OH is 1. The third kappa shape index (κ3) is 4.31. The number of nitrogens with zero attached hydrogens (tertiary/aromatic N) is 2. The van der Waals surface area contributed by atoms with Crippen molar-refractivity contribution in [3.63, 3.8) is 0 Å². The predicted molar refractivity (Wildman–Crippen MR) is 109 cm³/mol. The van der Waals surface area contributed by atoms with Crippen molar-refractivity contribution in [2.24, 2.45) is 0 Å². The molecule has 0 radical (unpaired) electrons. The van der Waals surface area contributed by atoms with Crippen molar-refractivity contribution < 1.29 is 19.8 Å². The fourth-order valence-electron chi connectivity index (χ4n) is 3.42. The van der Waals surface area contributed by atoms with Crippen LogP contribution in [0, 0.1) is 0 Å². The summed E-state index contributed by atoms with van der Waals surface area (Å²) < 4.78 is 0. The van der Waals surface area contributed by atoms with E-state index in [1.165, 1.54) is 23.6 Å². The van der Waals surface area contributed by atoms with Crippen molar-refractivity contribution >= 4 is 23.6 Å². The number of benzene rings is 2. The van der Waals surface area contributed by atoms with Gasteiger partial charge in [0.1, 0.15) is 17.2 Å². The van der Waals surface area contributed by atoms with E-state index in [-0.39, 0.29) is 30.7 Å². The molecule has 3 rings (SSSR count). The summed E-state index contributed by atoms with van der Waals surface area (Å²) in [4.78, 5) is 28.8. The summed E-state index contributed by atoms with van der Waals surface area (Å²) in [6.45, 7) is 1.85. The van der Waals surface area contributed by atoms with E-state index in [9.17, 15) is 19.8 Å². The lowest BCUT2D eigenvalue weighted by Gasteiger charge is -2.32. The van der Waals surface area contributed by atoms with Crippen LogP contribution < -0.4 is 0 Å². The van der Waals surface area contributed by atoms with Gasteiger partial charge >= 0.3 is 0 Å². The lowest BCUT2D eigenvalue weighted by atomic mass is 10.1. The molecule has 0 unspecified atom stereocenters. The number of para-hydroxylation sites is 1.